The predicted octanol–water partition coefficient (Wildman–Crippen LogP) is -0.735. The van der Waals surface area contributed by atoms with Gasteiger partial charge < -0.3 is 31.9 Å². The van der Waals surface area contributed by atoms with E-state index in [1.807, 2.05) is 0 Å². The van der Waals surface area contributed by atoms with E-state index in [1.54, 1.807) is 0 Å². The quantitative estimate of drug-likeness (QED) is 0.346. The second-order valence-electron chi connectivity index (χ2n) is 2.65. The Morgan fingerprint density at radius 1 is 0.619 bits per heavy atom. The molecule has 0 unspecified atom stereocenters. The van der Waals surface area contributed by atoms with Crippen LogP contribution in [0.1, 0.15) is 27.7 Å². The number of rotatable bonds is 1. The molecule has 0 aliphatic carbocycles. The summed E-state index contributed by atoms with van der Waals surface area (Å²) >= 11 is 0. The van der Waals surface area contributed by atoms with Crippen molar-refractivity contribution in [2.75, 3.05) is 13.1 Å². The molecule has 0 bridgehead atoms. The molecule has 21 heavy (non-hydrogen) atoms. The zero-order chi connectivity index (χ0) is 17.7. The smallest absolute Gasteiger partial charge is 0.300 e. The molecule has 0 spiro atoms. The summed E-state index contributed by atoms with van der Waals surface area (Å²) in [5.41, 5.74) is 9.81. The normalized spacial score (nSPS) is 6.19. The van der Waals surface area contributed by atoms with Crippen LogP contribution in [0.15, 0.2) is 0 Å². The topological polar surface area (TPSA) is 201 Å². The molecule has 0 amide bonds. The summed E-state index contributed by atoms with van der Waals surface area (Å²) < 4.78 is 0. The van der Waals surface area contributed by atoms with E-state index >= 15 is 0 Å². The standard InChI is InChI=1S/C2H8N2.4C2H4O2.Co/c3-1-2-4;4*1-2(3)4;/h1-4H2;4*1H3,(H,3,4);. The third kappa shape index (κ3) is 10100. The molecule has 0 aromatic heterocycles. The Balaban J connectivity index is -0.0000000331. The van der Waals surface area contributed by atoms with Gasteiger partial charge in [0, 0.05) is 57.6 Å². The summed E-state index contributed by atoms with van der Waals surface area (Å²) in [6.45, 7) is 5.53. The fraction of sp³-hybridized carbons (Fsp3) is 0.600. The number of hydrogen-bond acceptors (Lipinski definition) is 6. The summed E-state index contributed by atoms with van der Waals surface area (Å²) in [6, 6.07) is 0. The van der Waals surface area contributed by atoms with Crippen molar-refractivity contribution in [3.8, 4) is 0 Å². The van der Waals surface area contributed by atoms with Gasteiger partial charge in [-0.1, -0.05) is 0 Å². The molecule has 1 radical (unpaired) electrons. The molecule has 0 saturated carbocycles. The van der Waals surface area contributed by atoms with Crippen molar-refractivity contribution in [2.24, 2.45) is 11.5 Å². The minimum Gasteiger partial charge on any atom is -0.481 e. The van der Waals surface area contributed by atoms with E-state index < -0.39 is 23.9 Å². The van der Waals surface area contributed by atoms with Crippen LogP contribution in [0.4, 0.5) is 0 Å². The van der Waals surface area contributed by atoms with Gasteiger partial charge in [-0.05, 0) is 0 Å². The van der Waals surface area contributed by atoms with Crippen molar-refractivity contribution in [1.82, 2.24) is 0 Å². The first-order valence-electron chi connectivity index (χ1n) is 5.03. The molecular formula is C10H24CoN2O8. The molecule has 0 aliphatic heterocycles. The summed E-state index contributed by atoms with van der Waals surface area (Å²) in [5.74, 6) is -3.33. The number of carboxylic acid groups (broad SMARTS) is 4. The molecule has 0 rings (SSSR count). The molecule has 11 heteroatoms. The van der Waals surface area contributed by atoms with Gasteiger partial charge in [-0.2, -0.15) is 0 Å². The molecule has 10 nitrogen and oxygen atoms in total. The van der Waals surface area contributed by atoms with E-state index in [4.69, 9.17) is 51.1 Å². The Morgan fingerprint density at radius 2 is 0.667 bits per heavy atom. The maximum absolute atomic E-state index is 9.00. The second-order valence-corrected chi connectivity index (χ2v) is 2.65. The first-order valence-corrected chi connectivity index (χ1v) is 5.03. The SMILES string of the molecule is CC(=O)O.CC(=O)O.CC(=O)O.CC(=O)O.NCCN.[Co]. The summed E-state index contributed by atoms with van der Waals surface area (Å²) in [7, 11) is 0. The Kier molecular flexibility index (Phi) is 63.0. The van der Waals surface area contributed by atoms with Gasteiger partial charge in [0.15, 0.2) is 0 Å². The maximum atomic E-state index is 9.00. The van der Waals surface area contributed by atoms with Crippen LogP contribution in [-0.4, -0.2) is 57.4 Å². The van der Waals surface area contributed by atoms with Crippen LogP contribution in [0.2, 0.25) is 0 Å². The fourth-order valence-electron chi connectivity index (χ4n) is 0. The van der Waals surface area contributed by atoms with Gasteiger partial charge in [0.25, 0.3) is 23.9 Å². The van der Waals surface area contributed by atoms with Crippen LogP contribution in [0.25, 0.3) is 0 Å². The fourth-order valence-corrected chi connectivity index (χ4v) is 0. The summed E-state index contributed by atoms with van der Waals surface area (Å²) in [4.78, 5) is 36.0. The van der Waals surface area contributed by atoms with Crippen molar-refractivity contribution in [2.45, 2.75) is 27.7 Å². The van der Waals surface area contributed by atoms with Gasteiger partial charge in [-0.15, -0.1) is 0 Å². The average molecular weight is 359 g/mol. The second kappa shape index (κ2) is 36.2. The van der Waals surface area contributed by atoms with E-state index in [2.05, 4.69) is 0 Å². The third-order valence-corrected chi connectivity index (χ3v) is 0.167. The van der Waals surface area contributed by atoms with Gasteiger partial charge in [0.05, 0.1) is 0 Å². The summed E-state index contributed by atoms with van der Waals surface area (Å²) in [5, 5.41) is 29.7. The van der Waals surface area contributed by atoms with Crippen LogP contribution in [0.5, 0.6) is 0 Å². The molecular weight excluding hydrogens is 335 g/mol. The van der Waals surface area contributed by atoms with Gasteiger partial charge in [0.1, 0.15) is 0 Å². The molecule has 131 valence electrons. The number of carboxylic acids is 4. The van der Waals surface area contributed by atoms with E-state index in [9.17, 15) is 0 Å². The van der Waals surface area contributed by atoms with Gasteiger partial charge in [-0.25, -0.2) is 0 Å². The predicted molar refractivity (Wildman–Crippen MR) is 71.3 cm³/mol. The molecule has 0 heterocycles. The first kappa shape index (κ1) is 36.5. The molecule has 0 atom stereocenters. The van der Waals surface area contributed by atoms with E-state index in [0.717, 1.165) is 27.7 Å². The Hall–Kier alpha value is -1.69. The molecule has 0 fully saturated rings. The van der Waals surface area contributed by atoms with Crippen molar-refractivity contribution in [1.29, 1.82) is 0 Å². The molecule has 0 aromatic rings. The minimum atomic E-state index is -0.833. The van der Waals surface area contributed by atoms with Gasteiger partial charge >= 0.3 is 0 Å². The van der Waals surface area contributed by atoms with Crippen LogP contribution >= 0.6 is 0 Å². The Bertz CT molecular complexity index is 195. The van der Waals surface area contributed by atoms with Crippen molar-refractivity contribution < 1.29 is 56.4 Å². The van der Waals surface area contributed by atoms with Crippen molar-refractivity contribution in [3.05, 3.63) is 0 Å². The van der Waals surface area contributed by atoms with Crippen molar-refractivity contribution >= 4 is 23.9 Å². The van der Waals surface area contributed by atoms with Crippen LogP contribution < -0.4 is 11.5 Å². The number of hydrogen-bond donors (Lipinski definition) is 6. The van der Waals surface area contributed by atoms with E-state index in [0.29, 0.717) is 13.1 Å². The zero-order valence-electron chi connectivity index (χ0n) is 12.3. The number of carbonyl (C=O) groups is 4. The van der Waals surface area contributed by atoms with Crippen LogP contribution in [-0.2, 0) is 36.0 Å². The zero-order valence-corrected chi connectivity index (χ0v) is 13.4. The van der Waals surface area contributed by atoms with Crippen molar-refractivity contribution in [3.63, 3.8) is 0 Å². The van der Waals surface area contributed by atoms with Gasteiger partial charge in [0.2, 0.25) is 0 Å². The molecule has 0 aromatic carbocycles. The Labute approximate surface area is 133 Å². The molecule has 8 N–H and O–H groups in total. The monoisotopic (exact) mass is 359 g/mol. The maximum Gasteiger partial charge on any atom is 0.300 e. The summed E-state index contributed by atoms with van der Waals surface area (Å²) in [6.07, 6.45) is 0. The van der Waals surface area contributed by atoms with Crippen LogP contribution in [0.3, 0.4) is 0 Å². The molecule has 0 saturated heterocycles. The minimum absolute atomic E-state index is 0. The average Bonchev–Trinajstić information content (AvgIpc) is 2.13. The molecule has 0 aliphatic rings. The number of aliphatic carboxylic acids is 4. The third-order valence-electron chi connectivity index (χ3n) is 0.167. The van der Waals surface area contributed by atoms with E-state index in [-0.39, 0.29) is 16.8 Å². The largest absolute Gasteiger partial charge is 0.481 e. The van der Waals surface area contributed by atoms with E-state index in [1.165, 1.54) is 0 Å². The Morgan fingerprint density at radius 3 is 0.667 bits per heavy atom. The van der Waals surface area contributed by atoms with Crippen LogP contribution in [0, 0.1) is 0 Å². The van der Waals surface area contributed by atoms with Gasteiger partial charge in [-0.3, -0.25) is 19.2 Å². The first-order chi connectivity index (χ1) is 8.84. The number of nitrogens with two attached hydrogens (primary N) is 2.